The van der Waals surface area contributed by atoms with Crippen molar-refractivity contribution in [1.82, 2.24) is 15.0 Å². The van der Waals surface area contributed by atoms with Gasteiger partial charge in [0.05, 0.1) is 19.3 Å². The zero-order valence-electron chi connectivity index (χ0n) is 16.0. The Hall–Kier alpha value is -3.03. The minimum Gasteiger partial charge on any atom is -0.496 e. The van der Waals surface area contributed by atoms with E-state index in [1.807, 2.05) is 26.0 Å². The molecule has 2 aromatic heterocycles. The number of methoxy groups -OCH3 is 1. The zero-order valence-corrected chi connectivity index (χ0v) is 16.0. The van der Waals surface area contributed by atoms with Crippen LogP contribution in [0.3, 0.4) is 0 Å². The molecule has 1 aromatic carbocycles. The molecule has 0 aliphatic carbocycles. The van der Waals surface area contributed by atoms with Crippen molar-refractivity contribution in [3.8, 4) is 17.0 Å². The molecule has 3 aromatic rings. The molecule has 2 N–H and O–H groups in total. The standard InChI is InChI=1S/C20H21F2N5O/c1-11-4-5-14(28-3)12(2)16(11)18-17-13(19(23)25-10-24-17)8-15(26-18)27-7-6-20(21,22)9-27/h4-5,8,10H,6-7,9H2,1-3H3,(H2,23,24,25). The molecule has 0 atom stereocenters. The molecule has 1 aliphatic heterocycles. The zero-order chi connectivity index (χ0) is 20.1. The monoisotopic (exact) mass is 385 g/mol. The summed E-state index contributed by atoms with van der Waals surface area (Å²) in [5.74, 6) is -1.27. The van der Waals surface area contributed by atoms with E-state index in [1.54, 1.807) is 18.1 Å². The largest absolute Gasteiger partial charge is 0.496 e. The number of nitrogens with two attached hydrogens (primary N) is 1. The van der Waals surface area contributed by atoms with Crippen LogP contribution in [-0.4, -0.2) is 41.1 Å². The topological polar surface area (TPSA) is 77.2 Å². The molecule has 1 aliphatic rings. The van der Waals surface area contributed by atoms with Crippen LogP contribution in [0.4, 0.5) is 20.4 Å². The molecule has 0 unspecified atom stereocenters. The summed E-state index contributed by atoms with van der Waals surface area (Å²) in [6.45, 7) is 3.77. The number of benzene rings is 1. The molecule has 4 rings (SSSR count). The van der Waals surface area contributed by atoms with Gasteiger partial charge in [0.2, 0.25) is 0 Å². The Bertz CT molecular complexity index is 1070. The molecule has 1 fully saturated rings. The van der Waals surface area contributed by atoms with Gasteiger partial charge in [0.1, 0.15) is 29.2 Å². The smallest absolute Gasteiger partial charge is 0.266 e. The van der Waals surface area contributed by atoms with Crippen molar-refractivity contribution in [2.75, 3.05) is 30.8 Å². The lowest BCUT2D eigenvalue weighted by Crippen LogP contribution is -2.25. The molecule has 0 amide bonds. The van der Waals surface area contributed by atoms with E-state index in [4.69, 9.17) is 15.5 Å². The summed E-state index contributed by atoms with van der Waals surface area (Å²) < 4.78 is 33.0. The second-order valence-electron chi connectivity index (χ2n) is 7.10. The van der Waals surface area contributed by atoms with E-state index in [0.717, 1.165) is 22.4 Å². The molecule has 0 saturated carbocycles. The van der Waals surface area contributed by atoms with E-state index in [0.29, 0.717) is 28.2 Å². The lowest BCUT2D eigenvalue weighted by atomic mass is 9.97. The van der Waals surface area contributed by atoms with Gasteiger partial charge in [-0.15, -0.1) is 0 Å². The van der Waals surface area contributed by atoms with E-state index in [-0.39, 0.29) is 19.5 Å². The van der Waals surface area contributed by atoms with E-state index in [1.165, 1.54) is 6.33 Å². The Labute approximate surface area is 161 Å². The molecule has 6 nitrogen and oxygen atoms in total. The van der Waals surface area contributed by atoms with Crippen molar-refractivity contribution in [3.05, 3.63) is 35.7 Å². The number of anilines is 2. The van der Waals surface area contributed by atoms with Crippen LogP contribution in [0.25, 0.3) is 22.2 Å². The first-order chi connectivity index (χ1) is 13.3. The Morgan fingerprint density at radius 3 is 2.68 bits per heavy atom. The predicted molar refractivity (Wildman–Crippen MR) is 105 cm³/mol. The van der Waals surface area contributed by atoms with Crippen molar-refractivity contribution in [2.24, 2.45) is 0 Å². The maximum Gasteiger partial charge on any atom is 0.266 e. The number of nitrogens with zero attached hydrogens (tertiary/aromatic N) is 4. The van der Waals surface area contributed by atoms with Gasteiger partial charge >= 0.3 is 0 Å². The number of fused-ring (bicyclic) bond motifs is 1. The van der Waals surface area contributed by atoms with Gasteiger partial charge in [0.15, 0.2) is 0 Å². The number of pyridine rings is 1. The first-order valence-electron chi connectivity index (χ1n) is 8.99. The predicted octanol–water partition coefficient (Wildman–Crippen LogP) is 3.74. The van der Waals surface area contributed by atoms with Crippen molar-refractivity contribution in [3.63, 3.8) is 0 Å². The molecule has 0 spiro atoms. The summed E-state index contributed by atoms with van der Waals surface area (Å²) in [6.07, 6.45) is 1.19. The number of aromatic nitrogens is 3. The third-order valence-electron chi connectivity index (χ3n) is 5.21. The maximum absolute atomic E-state index is 13.8. The highest BCUT2D eigenvalue weighted by Gasteiger charge is 2.39. The van der Waals surface area contributed by atoms with Gasteiger partial charge in [0.25, 0.3) is 5.92 Å². The molecule has 8 heteroatoms. The van der Waals surface area contributed by atoms with E-state index < -0.39 is 5.92 Å². The molecule has 146 valence electrons. The van der Waals surface area contributed by atoms with Gasteiger partial charge in [-0.3, -0.25) is 0 Å². The highest BCUT2D eigenvalue weighted by Crippen LogP contribution is 2.39. The van der Waals surface area contributed by atoms with Gasteiger partial charge in [0, 0.05) is 29.5 Å². The lowest BCUT2D eigenvalue weighted by Gasteiger charge is -2.21. The summed E-state index contributed by atoms with van der Waals surface area (Å²) in [7, 11) is 1.61. The Morgan fingerprint density at radius 2 is 2.00 bits per heavy atom. The highest BCUT2D eigenvalue weighted by molar-refractivity contribution is 5.99. The van der Waals surface area contributed by atoms with E-state index in [9.17, 15) is 8.78 Å². The van der Waals surface area contributed by atoms with Gasteiger partial charge in [-0.1, -0.05) is 6.07 Å². The van der Waals surface area contributed by atoms with Crippen LogP contribution in [-0.2, 0) is 0 Å². The van der Waals surface area contributed by atoms with E-state index >= 15 is 0 Å². The second-order valence-corrected chi connectivity index (χ2v) is 7.10. The summed E-state index contributed by atoms with van der Waals surface area (Å²) in [5, 5.41) is 0.597. The Kier molecular flexibility index (Phi) is 4.28. The van der Waals surface area contributed by atoms with Crippen molar-refractivity contribution < 1.29 is 13.5 Å². The summed E-state index contributed by atoms with van der Waals surface area (Å²) in [6, 6.07) is 5.53. The third-order valence-corrected chi connectivity index (χ3v) is 5.21. The average Bonchev–Trinajstić information content (AvgIpc) is 3.02. The fourth-order valence-electron chi connectivity index (χ4n) is 3.75. The third kappa shape index (κ3) is 2.98. The molecular formula is C20H21F2N5O. The number of alkyl halides is 2. The summed E-state index contributed by atoms with van der Waals surface area (Å²) >= 11 is 0. The number of ether oxygens (including phenoxy) is 1. The van der Waals surface area contributed by atoms with Crippen LogP contribution in [0, 0.1) is 13.8 Å². The summed E-state index contributed by atoms with van der Waals surface area (Å²) in [5.41, 5.74) is 10.00. The van der Waals surface area contributed by atoms with Crippen molar-refractivity contribution >= 4 is 22.5 Å². The highest BCUT2D eigenvalue weighted by atomic mass is 19.3. The van der Waals surface area contributed by atoms with Crippen molar-refractivity contribution in [2.45, 2.75) is 26.2 Å². The fourth-order valence-corrected chi connectivity index (χ4v) is 3.75. The second kappa shape index (κ2) is 6.54. The van der Waals surface area contributed by atoms with E-state index in [2.05, 4.69) is 9.97 Å². The fraction of sp³-hybridized carbons (Fsp3) is 0.350. The molecular weight excluding hydrogens is 364 g/mol. The van der Waals surface area contributed by atoms with Crippen molar-refractivity contribution in [1.29, 1.82) is 0 Å². The van der Waals surface area contributed by atoms with Crippen LogP contribution in [0.15, 0.2) is 24.5 Å². The minimum atomic E-state index is -2.72. The Balaban J connectivity index is 2.00. The number of hydrogen-bond acceptors (Lipinski definition) is 6. The van der Waals surface area contributed by atoms with Crippen LogP contribution >= 0.6 is 0 Å². The number of aryl methyl sites for hydroxylation is 1. The van der Waals surface area contributed by atoms with Crippen LogP contribution in [0.2, 0.25) is 0 Å². The van der Waals surface area contributed by atoms with Gasteiger partial charge in [-0.2, -0.15) is 0 Å². The minimum absolute atomic E-state index is 0.194. The van der Waals surface area contributed by atoms with Gasteiger partial charge < -0.3 is 15.4 Å². The molecule has 0 radical (unpaired) electrons. The molecule has 0 bridgehead atoms. The Morgan fingerprint density at radius 1 is 1.21 bits per heavy atom. The lowest BCUT2D eigenvalue weighted by molar-refractivity contribution is 0.0257. The normalized spacial score (nSPS) is 16.0. The number of rotatable bonds is 3. The van der Waals surface area contributed by atoms with Crippen LogP contribution in [0.5, 0.6) is 5.75 Å². The first kappa shape index (κ1) is 18.3. The SMILES string of the molecule is COc1ccc(C)c(-c2nc(N3CCC(F)(F)C3)cc3c(N)ncnc23)c1C. The maximum atomic E-state index is 13.8. The molecule has 1 saturated heterocycles. The van der Waals surface area contributed by atoms with Gasteiger partial charge in [-0.05, 0) is 31.5 Å². The average molecular weight is 385 g/mol. The van der Waals surface area contributed by atoms with Crippen LogP contribution < -0.4 is 15.4 Å². The number of halogens is 2. The molecule has 28 heavy (non-hydrogen) atoms. The first-order valence-corrected chi connectivity index (χ1v) is 8.99. The number of hydrogen-bond donors (Lipinski definition) is 1. The van der Waals surface area contributed by atoms with Crippen LogP contribution in [0.1, 0.15) is 17.5 Å². The number of nitrogen functional groups attached to an aromatic ring is 1. The quantitative estimate of drug-likeness (QED) is 0.740. The molecule has 3 heterocycles. The summed E-state index contributed by atoms with van der Waals surface area (Å²) in [4.78, 5) is 14.8. The van der Waals surface area contributed by atoms with Gasteiger partial charge in [-0.25, -0.2) is 23.7 Å².